The minimum absolute atomic E-state index is 0.707. The van der Waals surface area contributed by atoms with Gasteiger partial charge in [0.15, 0.2) is 0 Å². The van der Waals surface area contributed by atoms with Crippen LogP contribution in [-0.4, -0.2) is 0 Å². The van der Waals surface area contributed by atoms with Crippen molar-refractivity contribution in [2.75, 3.05) is 0 Å². The molecular weight excluding hydrogens is 194 g/mol. The van der Waals surface area contributed by atoms with Gasteiger partial charge in [-0.05, 0) is 48.2 Å². The molecule has 0 unspecified atom stereocenters. The van der Waals surface area contributed by atoms with Crippen molar-refractivity contribution in [2.24, 2.45) is 0 Å². The third-order valence-corrected chi connectivity index (χ3v) is 2.91. The number of benzene rings is 2. The molecule has 0 aliphatic heterocycles. The topological polar surface area (TPSA) is 23.8 Å². The molecule has 2 aromatic carbocycles. The molecule has 0 atom stereocenters. The second kappa shape index (κ2) is 4.20. The number of hydrogen-bond acceptors (Lipinski definition) is 1. The Hall–Kier alpha value is -2.07. The van der Waals surface area contributed by atoms with Gasteiger partial charge in [-0.15, -0.1) is 0 Å². The average molecular weight is 207 g/mol. The molecule has 0 spiro atoms. The summed E-state index contributed by atoms with van der Waals surface area (Å²) in [6, 6.07) is 16.2. The fourth-order valence-electron chi connectivity index (χ4n) is 1.82. The van der Waals surface area contributed by atoms with E-state index in [1.165, 1.54) is 16.7 Å². The van der Waals surface area contributed by atoms with Crippen molar-refractivity contribution in [3.63, 3.8) is 0 Å². The highest BCUT2D eigenvalue weighted by Gasteiger charge is 2.03. The van der Waals surface area contributed by atoms with Gasteiger partial charge >= 0.3 is 0 Å². The lowest BCUT2D eigenvalue weighted by Crippen LogP contribution is -1.87. The van der Waals surface area contributed by atoms with Gasteiger partial charge in [-0.25, -0.2) is 0 Å². The number of nitriles is 1. The zero-order valence-electron chi connectivity index (χ0n) is 9.49. The van der Waals surface area contributed by atoms with Crippen LogP contribution >= 0.6 is 0 Å². The summed E-state index contributed by atoms with van der Waals surface area (Å²) in [4.78, 5) is 0. The Kier molecular flexibility index (Phi) is 2.74. The molecule has 0 fully saturated rings. The smallest absolute Gasteiger partial charge is 0.0991 e. The van der Waals surface area contributed by atoms with E-state index in [1.807, 2.05) is 24.3 Å². The number of aryl methyl sites for hydroxylation is 1. The fourth-order valence-corrected chi connectivity index (χ4v) is 1.82. The summed E-state index contributed by atoms with van der Waals surface area (Å²) in [7, 11) is 0. The number of rotatable bonds is 1. The zero-order chi connectivity index (χ0) is 11.5. The highest BCUT2D eigenvalue weighted by molar-refractivity contribution is 5.69. The molecule has 0 saturated carbocycles. The van der Waals surface area contributed by atoms with E-state index in [9.17, 15) is 0 Å². The lowest BCUT2D eigenvalue weighted by molar-refractivity contribution is 1.34. The summed E-state index contributed by atoms with van der Waals surface area (Å²) in [5.74, 6) is 0. The fraction of sp³-hybridized carbons (Fsp3) is 0.133. The van der Waals surface area contributed by atoms with Crippen molar-refractivity contribution in [1.29, 1.82) is 5.26 Å². The van der Waals surface area contributed by atoms with Crippen LogP contribution in [0.4, 0.5) is 0 Å². The highest BCUT2D eigenvalue weighted by Crippen LogP contribution is 2.25. The Labute approximate surface area is 96.0 Å². The molecule has 2 rings (SSSR count). The van der Waals surface area contributed by atoms with Crippen LogP contribution < -0.4 is 0 Å². The van der Waals surface area contributed by atoms with Gasteiger partial charge in [-0.3, -0.25) is 0 Å². The van der Waals surface area contributed by atoms with E-state index in [2.05, 4.69) is 38.1 Å². The molecule has 1 heteroatoms. The Morgan fingerprint density at radius 1 is 1.00 bits per heavy atom. The van der Waals surface area contributed by atoms with Crippen LogP contribution in [0, 0.1) is 25.2 Å². The third-order valence-electron chi connectivity index (χ3n) is 2.91. The van der Waals surface area contributed by atoms with Gasteiger partial charge in [-0.2, -0.15) is 5.26 Å². The molecule has 0 aromatic heterocycles. The van der Waals surface area contributed by atoms with E-state index >= 15 is 0 Å². The standard InChI is InChI=1S/C15H13N/c1-11-5-3-8-15(12(11)2)14-7-4-6-13(9-14)10-16/h3-9H,1-2H3. The van der Waals surface area contributed by atoms with Crippen molar-refractivity contribution in [2.45, 2.75) is 13.8 Å². The zero-order valence-corrected chi connectivity index (χ0v) is 9.49. The molecule has 0 saturated heterocycles. The van der Waals surface area contributed by atoms with Crippen molar-refractivity contribution < 1.29 is 0 Å². The van der Waals surface area contributed by atoms with Gasteiger partial charge in [0.2, 0.25) is 0 Å². The predicted molar refractivity (Wildman–Crippen MR) is 66.1 cm³/mol. The lowest BCUT2D eigenvalue weighted by atomic mass is 9.96. The summed E-state index contributed by atoms with van der Waals surface area (Å²) in [6.45, 7) is 4.22. The summed E-state index contributed by atoms with van der Waals surface area (Å²) in [6.07, 6.45) is 0. The van der Waals surface area contributed by atoms with Crippen LogP contribution in [0.2, 0.25) is 0 Å². The highest BCUT2D eigenvalue weighted by atomic mass is 14.2. The van der Waals surface area contributed by atoms with Gasteiger partial charge in [0.1, 0.15) is 0 Å². The molecular formula is C15H13N. The molecule has 0 bridgehead atoms. The molecule has 0 aliphatic rings. The Morgan fingerprint density at radius 2 is 1.75 bits per heavy atom. The first-order valence-electron chi connectivity index (χ1n) is 5.29. The van der Waals surface area contributed by atoms with Crippen LogP contribution in [0.1, 0.15) is 16.7 Å². The quantitative estimate of drug-likeness (QED) is 0.697. The monoisotopic (exact) mass is 207 g/mol. The number of hydrogen-bond donors (Lipinski definition) is 0. The van der Waals surface area contributed by atoms with Crippen LogP contribution in [0.5, 0.6) is 0 Å². The molecule has 2 aromatic rings. The van der Waals surface area contributed by atoms with Crippen molar-refractivity contribution >= 4 is 0 Å². The third kappa shape index (κ3) is 1.83. The van der Waals surface area contributed by atoms with Crippen molar-refractivity contribution in [1.82, 2.24) is 0 Å². The van der Waals surface area contributed by atoms with Crippen molar-refractivity contribution in [3.05, 3.63) is 59.2 Å². The Morgan fingerprint density at radius 3 is 2.50 bits per heavy atom. The molecule has 16 heavy (non-hydrogen) atoms. The molecule has 78 valence electrons. The summed E-state index contributed by atoms with van der Waals surface area (Å²) < 4.78 is 0. The van der Waals surface area contributed by atoms with E-state index in [0.29, 0.717) is 5.56 Å². The molecule has 0 aliphatic carbocycles. The summed E-state index contributed by atoms with van der Waals surface area (Å²) in [5.41, 5.74) is 5.58. The van der Waals surface area contributed by atoms with Crippen molar-refractivity contribution in [3.8, 4) is 17.2 Å². The Balaban J connectivity index is 2.59. The van der Waals surface area contributed by atoms with Gasteiger partial charge < -0.3 is 0 Å². The van der Waals surface area contributed by atoms with Crippen LogP contribution in [0.25, 0.3) is 11.1 Å². The van der Waals surface area contributed by atoms with E-state index in [1.54, 1.807) is 0 Å². The number of nitrogens with zero attached hydrogens (tertiary/aromatic N) is 1. The van der Waals surface area contributed by atoms with E-state index in [0.717, 1.165) is 5.56 Å². The molecule has 0 N–H and O–H groups in total. The van der Waals surface area contributed by atoms with E-state index in [-0.39, 0.29) is 0 Å². The Bertz CT molecular complexity index is 562. The largest absolute Gasteiger partial charge is 0.192 e. The lowest BCUT2D eigenvalue weighted by Gasteiger charge is -2.08. The molecule has 0 radical (unpaired) electrons. The summed E-state index contributed by atoms with van der Waals surface area (Å²) >= 11 is 0. The van der Waals surface area contributed by atoms with Crippen LogP contribution in [0.15, 0.2) is 42.5 Å². The minimum Gasteiger partial charge on any atom is -0.192 e. The van der Waals surface area contributed by atoms with E-state index in [4.69, 9.17) is 5.26 Å². The maximum absolute atomic E-state index is 8.88. The van der Waals surface area contributed by atoms with Gasteiger partial charge in [0, 0.05) is 0 Å². The predicted octanol–water partition coefficient (Wildman–Crippen LogP) is 3.84. The molecule has 1 nitrogen and oxygen atoms in total. The molecule has 0 amide bonds. The first kappa shape index (κ1) is 10.4. The first-order valence-corrected chi connectivity index (χ1v) is 5.29. The average Bonchev–Trinajstić information content (AvgIpc) is 2.33. The summed E-state index contributed by atoms with van der Waals surface area (Å²) in [5, 5.41) is 8.88. The van der Waals surface area contributed by atoms with Gasteiger partial charge in [0.25, 0.3) is 0 Å². The van der Waals surface area contributed by atoms with Gasteiger partial charge in [-0.1, -0.05) is 30.3 Å². The molecule has 0 heterocycles. The minimum atomic E-state index is 0.707. The SMILES string of the molecule is Cc1cccc(-c2cccc(C#N)c2)c1C. The second-order valence-electron chi connectivity index (χ2n) is 3.94. The second-order valence-corrected chi connectivity index (χ2v) is 3.94. The first-order chi connectivity index (χ1) is 7.72. The van der Waals surface area contributed by atoms with Gasteiger partial charge in [0.05, 0.1) is 11.6 Å². The maximum Gasteiger partial charge on any atom is 0.0991 e. The van der Waals surface area contributed by atoms with E-state index < -0.39 is 0 Å². The maximum atomic E-state index is 8.88. The van der Waals surface area contributed by atoms with Crippen LogP contribution in [0.3, 0.4) is 0 Å². The normalized spacial score (nSPS) is 9.81. The van der Waals surface area contributed by atoms with Crippen LogP contribution in [-0.2, 0) is 0 Å².